The second-order valence-electron chi connectivity index (χ2n) is 7.89. The molecular formula is C23H29FN2O. The minimum atomic E-state index is -0.155. The summed E-state index contributed by atoms with van der Waals surface area (Å²) in [5.41, 5.74) is 2.65. The van der Waals surface area contributed by atoms with Gasteiger partial charge < -0.3 is 4.74 Å². The smallest absolute Gasteiger partial charge is 0.123 e. The number of hydrogen-bond donors (Lipinski definition) is 0. The highest BCUT2D eigenvalue weighted by atomic mass is 19.1. The van der Waals surface area contributed by atoms with Crippen molar-refractivity contribution >= 4 is 0 Å². The first-order valence-electron chi connectivity index (χ1n) is 10.1. The summed E-state index contributed by atoms with van der Waals surface area (Å²) in [4.78, 5) is 5.19. The van der Waals surface area contributed by atoms with E-state index in [9.17, 15) is 4.39 Å². The van der Waals surface area contributed by atoms with Gasteiger partial charge in [-0.1, -0.05) is 24.3 Å². The minimum absolute atomic E-state index is 0.155. The van der Waals surface area contributed by atoms with E-state index >= 15 is 0 Å². The molecule has 2 aliphatic rings. The fraction of sp³-hybridized carbons (Fsp3) is 0.478. The lowest BCUT2D eigenvalue weighted by atomic mass is 9.89. The van der Waals surface area contributed by atoms with E-state index < -0.39 is 0 Å². The van der Waals surface area contributed by atoms with Crippen LogP contribution in [0.25, 0.3) is 0 Å². The Morgan fingerprint density at radius 3 is 2.30 bits per heavy atom. The fourth-order valence-corrected chi connectivity index (χ4v) is 4.58. The summed E-state index contributed by atoms with van der Waals surface area (Å²) in [6.07, 6.45) is 3.72. The molecule has 2 saturated heterocycles. The van der Waals surface area contributed by atoms with E-state index in [-0.39, 0.29) is 5.82 Å². The van der Waals surface area contributed by atoms with Gasteiger partial charge in [-0.25, -0.2) is 4.39 Å². The highest BCUT2D eigenvalue weighted by Crippen LogP contribution is 2.31. The number of piperidine rings is 1. The van der Waals surface area contributed by atoms with Crippen molar-refractivity contribution in [3.8, 4) is 5.75 Å². The molecule has 27 heavy (non-hydrogen) atoms. The third-order valence-corrected chi connectivity index (χ3v) is 6.20. The lowest BCUT2D eigenvalue weighted by Crippen LogP contribution is -2.42. The molecule has 0 aliphatic carbocycles. The Morgan fingerprint density at radius 2 is 1.63 bits per heavy atom. The van der Waals surface area contributed by atoms with E-state index in [0.29, 0.717) is 12.0 Å². The highest BCUT2D eigenvalue weighted by Gasteiger charge is 2.30. The molecule has 0 bridgehead atoms. The van der Waals surface area contributed by atoms with Crippen LogP contribution < -0.4 is 4.74 Å². The summed E-state index contributed by atoms with van der Waals surface area (Å²) in [5, 5.41) is 0. The van der Waals surface area contributed by atoms with Crippen LogP contribution >= 0.6 is 0 Å². The Kier molecular flexibility index (Phi) is 5.74. The van der Waals surface area contributed by atoms with Gasteiger partial charge in [-0.15, -0.1) is 0 Å². The zero-order valence-electron chi connectivity index (χ0n) is 16.1. The molecule has 2 fully saturated rings. The summed E-state index contributed by atoms with van der Waals surface area (Å²) >= 11 is 0. The van der Waals surface area contributed by atoms with Crippen LogP contribution in [0.5, 0.6) is 5.75 Å². The van der Waals surface area contributed by atoms with Gasteiger partial charge in [0, 0.05) is 25.7 Å². The normalized spacial score (nSPS) is 22.2. The number of halogens is 1. The van der Waals surface area contributed by atoms with E-state index in [4.69, 9.17) is 4.74 Å². The van der Waals surface area contributed by atoms with Crippen molar-refractivity contribution in [2.45, 2.75) is 37.8 Å². The SMILES string of the molecule is COc1ccc(C2CCN(C3CCN(Cc4ccc(F)cc4)C3)CC2)cc1. The third kappa shape index (κ3) is 4.50. The van der Waals surface area contributed by atoms with Crippen molar-refractivity contribution in [1.29, 1.82) is 0 Å². The van der Waals surface area contributed by atoms with E-state index in [1.54, 1.807) is 19.2 Å². The third-order valence-electron chi connectivity index (χ3n) is 6.20. The Bertz CT molecular complexity index is 723. The molecule has 1 unspecified atom stereocenters. The lowest BCUT2D eigenvalue weighted by molar-refractivity contribution is 0.150. The first-order chi connectivity index (χ1) is 13.2. The first kappa shape index (κ1) is 18.5. The van der Waals surface area contributed by atoms with Gasteiger partial charge in [-0.3, -0.25) is 9.80 Å². The van der Waals surface area contributed by atoms with Gasteiger partial charge in [0.15, 0.2) is 0 Å². The molecule has 2 aliphatic heterocycles. The van der Waals surface area contributed by atoms with Gasteiger partial charge >= 0.3 is 0 Å². The molecular weight excluding hydrogens is 339 g/mol. The molecule has 0 radical (unpaired) electrons. The molecule has 0 amide bonds. The molecule has 2 aromatic rings. The molecule has 0 saturated carbocycles. The van der Waals surface area contributed by atoms with Crippen molar-refractivity contribution in [2.75, 3.05) is 33.3 Å². The van der Waals surface area contributed by atoms with Crippen LogP contribution in [-0.2, 0) is 6.54 Å². The summed E-state index contributed by atoms with van der Waals surface area (Å²) in [6.45, 7) is 5.57. The van der Waals surface area contributed by atoms with Gasteiger partial charge in [0.25, 0.3) is 0 Å². The minimum Gasteiger partial charge on any atom is -0.497 e. The Labute approximate surface area is 161 Å². The lowest BCUT2D eigenvalue weighted by Gasteiger charge is -2.36. The maximum Gasteiger partial charge on any atom is 0.123 e. The number of benzene rings is 2. The van der Waals surface area contributed by atoms with Crippen molar-refractivity contribution in [3.63, 3.8) is 0 Å². The quantitative estimate of drug-likeness (QED) is 0.783. The van der Waals surface area contributed by atoms with E-state index in [0.717, 1.165) is 25.4 Å². The molecule has 0 N–H and O–H groups in total. The van der Waals surface area contributed by atoms with Crippen molar-refractivity contribution in [2.24, 2.45) is 0 Å². The molecule has 0 spiro atoms. The molecule has 144 valence electrons. The highest BCUT2D eigenvalue weighted by molar-refractivity contribution is 5.29. The van der Waals surface area contributed by atoms with Crippen molar-refractivity contribution in [1.82, 2.24) is 9.80 Å². The molecule has 3 nitrogen and oxygen atoms in total. The molecule has 2 aromatic carbocycles. The number of methoxy groups -OCH3 is 1. The zero-order chi connectivity index (χ0) is 18.6. The predicted octanol–water partition coefficient (Wildman–Crippen LogP) is 4.29. The molecule has 4 rings (SSSR count). The predicted molar refractivity (Wildman–Crippen MR) is 107 cm³/mol. The van der Waals surface area contributed by atoms with Crippen LogP contribution in [0.15, 0.2) is 48.5 Å². The van der Waals surface area contributed by atoms with Crippen LogP contribution in [0, 0.1) is 5.82 Å². The molecule has 2 heterocycles. The number of nitrogens with zero attached hydrogens (tertiary/aromatic N) is 2. The fourth-order valence-electron chi connectivity index (χ4n) is 4.58. The van der Waals surface area contributed by atoms with E-state index in [1.807, 2.05) is 12.1 Å². The Balaban J connectivity index is 1.26. The van der Waals surface area contributed by atoms with E-state index in [2.05, 4.69) is 34.1 Å². The Hall–Kier alpha value is -1.91. The van der Waals surface area contributed by atoms with Crippen LogP contribution in [0.1, 0.15) is 36.3 Å². The second-order valence-corrected chi connectivity index (χ2v) is 7.89. The number of rotatable bonds is 5. The van der Waals surface area contributed by atoms with Gasteiger partial charge in [0.05, 0.1) is 7.11 Å². The largest absolute Gasteiger partial charge is 0.497 e. The van der Waals surface area contributed by atoms with Crippen LogP contribution in [-0.4, -0.2) is 49.1 Å². The summed E-state index contributed by atoms with van der Waals surface area (Å²) in [6, 6.07) is 16.2. The number of hydrogen-bond acceptors (Lipinski definition) is 3. The average molecular weight is 368 g/mol. The van der Waals surface area contributed by atoms with Crippen LogP contribution in [0.2, 0.25) is 0 Å². The van der Waals surface area contributed by atoms with Gasteiger partial charge in [0.1, 0.15) is 11.6 Å². The topological polar surface area (TPSA) is 15.7 Å². The second kappa shape index (κ2) is 8.41. The van der Waals surface area contributed by atoms with Gasteiger partial charge in [-0.2, -0.15) is 0 Å². The summed E-state index contributed by atoms with van der Waals surface area (Å²) in [5.74, 6) is 1.45. The average Bonchev–Trinajstić information content (AvgIpc) is 3.18. The molecule has 1 atom stereocenters. The van der Waals surface area contributed by atoms with Crippen LogP contribution in [0.4, 0.5) is 4.39 Å². The van der Waals surface area contributed by atoms with Gasteiger partial charge in [-0.05, 0) is 73.7 Å². The maximum absolute atomic E-state index is 13.1. The summed E-state index contributed by atoms with van der Waals surface area (Å²) < 4.78 is 18.3. The first-order valence-corrected chi connectivity index (χ1v) is 10.1. The molecule has 0 aromatic heterocycles. The number of ether oxygens (including phenoxy) is 1. The number of likely N-dealkylation sites (tertiary alicyclic amines) is 2. The summed E-state index contributed by atoms with van der Waals surface area (Å²) in [7, 11) is 1.72. The monoisotopic (exact) mass is 368 g/mol. The standard InChI is InChI=1S/C23H29FN2O/c1-27-23-8-4-19(5-9-23)20-10-14-26(15-11-20)22-12-13-25(17-22)16-18-2-6-21(24)7-3-18/h2-9,20,22H,10-17H2,1H3. The molecule has 4 heteroatoms. The van der Waals surface area contributed by atoms with Crippen molar-refractivity contribution < 1.29 is 9.13 Å². The maximum atomic E-state index is 13.1. The van der Waals surface area contributed by atoms with Crippen LogP contribution in [0.3, 0.4) is 0 Å². The van der Waals surface area contributed by atoms with Crippen molar-refractivity contribution in [3.05, 3.63) is 65.5 Å². The zero-order valence-corrected chi connectivity index (χ0v) is 16.1. The van der Waals surface area contributed by atoms with E-state index in [1.165, 1.54) is 43.5 Å². The van der Waals surface area contributed by atoms with Gasteiger partial charge in [0.2, 0.25) is 0 Å². The Morgan fingerprint density at radius 1 is 0.926 bits per heavy atom.